The van der Waals surface area contributed by atoms with Crippen molar-refractivity contribution in [3.05, 3.63) is 17.7 Å². The van der Waals surface area contributed by atoms with Crippen LogP contribution in [0.5, 0.6) is 17.2 Å². The van der Waals surface area contributed by atoms with E-state index in [4.69, 9.17) is 18.9 Å². The lowest BCUT2D eigenvalue weighted by Gasteiger charge is -2.13. The van der Waals surface area contributed by atoms with E-state index in [0.717, 1.165) is 5.56 Å². The fourth-order valence-corrected chi connectivity index (χ4v) is 1.34. The third-order valence-corrected chi connectivity index (χ3v) is 2.15. The maximum atomic E-state index is 5.38. The van der Waals surface area contributed by atoms with Crippen molar-refractivity contribution >= 4 is 6.21 Å². The largest absolute Gasteiger partial charge is 0.496 e. The Morgan fingerprint density at radius 2 is 1.72 bits per heavy atom. The Balaban J connectivity index is 3.10. The molecule has 0 saturated heterocycles. The van der Waals surface area contributed by atoms with Gasteiger partial charge in [-0.3, -0.25) is 0 Å². The van der Waals surface area contributed by atoms with Crippen molar-refractivity contribution in [3.63, 3.8) is 0 Å². The van der Waals surface area contributed by atoms with E-state index in [0.29, 0.717) is 17.2 Å². The minimum atomic E-state index is 0.130. The number of hydrogen-bond donors (Lipinski definition) is 0. The van der Waals surface area contributed by atoms with Crippen LogP contribution in [-0.2, 0) is 9.57 Å². The molecule has 0 bridgehead atoms. The highest BCUT2D eigenvalue weighted by atomic mass is 16.7. The number of ether oxygens (including phenoxy) is 4. The molecule has 0 radical (unpaired) electrons. The highest BCUT2D eigenvalue weighted by Gasteiger charge is 2.11. The number of nitrogens with zero attached hydrogens (tertiary/aromatic N) is 1. The molecule has 18 heavy (non-hydrogen) atoms. The molecule has 0 N–H and O–H groups in total. The Bertz CT molecular complexity index is 406. The van der Waals surface area contributed by atoms with Gasteiger partial charge in [0.2, 0.25) is 0 Å². The third kappa shape index (κ3) is 3.53. The zero-order valence-electron chi connectivity index (χ0n) is 10.9. The summed E-state index contributed by atoms with van der Waals surface area (Å²) in [5.41, 5.74) is 0.723. The summed E-state index contributed by atoms with van der Waals surface area (Å²) < 4.78 is 20.7. The smallest absolute Gasteiger partial charge is 0.188 e. The molecule has 0 spiro atoms. The molecule has 6 nitrogen and oxygen atoms in total. The summed E-state index contributed by atoms with van der Waals surface area (Å²) in [6.45, 7) is 0.130. The minimum Gasteiger partial charge on any atom is -0.496 e. The first kappa shape index (κ1) is 14.1. The van der Waals surface area contributed by atoms with Crippen LogP contribution in [0.4, 0.5) is 0 Å². The highest BCUT2D eigenvalue weighted by Crippen LogP contribution is 2.34. The monoisotopic (exact) mass is 255 g/mol. The Hall–Kier alpha value is -1.95. The molecule has 0 aliphatic rings. The minimum absolute atomic E-state index is 0.130. The number of rotatable bonds is 7. The van der Waals surface area contributed by atoms with Gasteiger partial charge in [-0.1, -0.05) is 5.16 Å². The second kappa shape index (κ2) is 7.39. The Labute approximate surface area is 106 Å². The van der Waals surface area contributed by atoms with E-state index in [-0.39, 0.29) is 6.79 Å². The van der Waals surface area contributed by atoms with Gasteiger partial charge in [-0.15, -0.1) is 0 Å². The van der Waals surface area contributed by atoms with Crippen molar-refractivity contribution in [1.82, 2.24) is 0 Å². The molecule has 0 atom stereocenters. The standard InChI is InChI=1S/C12H17NO5/c1-14-8-18-12-6-10(15-2)9(7-13-17-4)5-11(12)16-3/h5-7H,8H2,1-4H3/b13-7+. The van der Waals surface area contributed by atoms with Crippen LogP contribution >= 0.6 is 0 Å². The lowest BCUT2D eigenvalue weighted by atomic mass is 10.2. The topological polar surface area (TPSA) is 58.5 Å². The van der Waals surface area contributed by atoms with E-state index in [9.17, 15) is 0 Å². The van der Waals surface area contributed by atoms with E-state index >= 15 is 0 Å². The van der Waals surface area contributed by atoms with Gasteiger partial charge in [-0.2, -0.15) is 0 Å². The van der Waals surface area contributed by atoms with Crippen molar-refractivity contribution in [2.75, 3.05) is 35.2 Å². The fraction of sp³-hybridized carbons (Fsp3) is 0.417. The zero-order chi connectivity index (χ0) is 13.4. The Morgan fingerprint density at radius 3 is 2.28 bits per heavy atom. The quantitative estimate of drug-likeness (QED) is 0.421. The summed E-state index contributed by atoms with van der Waals surface area (Å²) in [4.78, 5) is 4.64. The second-order valence-corrected chi connectivity index (χ2v) is 3.21. The van der Waals surface area contributed by atoms with Gasteiger partial charge in [-0.25, -0.2) is 0 Å². The number of oxime groups is 1. The van der Waals surface area contributed by atoms with Crippen molar-refractivity contribution in [1.29, 1.82) is 0 Å². The molecule has 0 heterocycles. The van der Waals surface area contributed by atoms with Crippen LogP contribution in [0.15, 0.2) is 17.3 Å². The van der Waals surface area contributed by atoms with E-state index in [1.165, 1.54) is 13.3 Å². The van der Waals surface area contributed by atoms with Crippen LogP contribution in [0, 0.1) is 0 Å². The van der Waals surface area contributed by atoms with Crippen molar-refractivity contribution in [3.8, 4) is 17.2 Å². The molecular weight excluding hydrogens is 238 g/mol. The van der Waals surface area contributed by atoms with Crippen LogP contribution in [-0.4, -0.2) is 41.4 Å². The average molecular weight is 255 g/mol. The van der Waals surface area contributed by atoms with Gasteiger partial charge in [0, 0.05) is 18.7 Å². The number of methoxy groups -OCH3 is 3. The SMILES string of the molecule is COCOc1cc(OC)c(/C=N/OC)cc1OC. The summed E-state index contributed by atoms with van der Waals surface area (Å²) in [7, 11) is 6.13. The van der Waals surface area contributed by atoms with E-state index in [2.05, 4.69) is 9.99 Å². The van der Waals surface area contributed by atoms with Crippen LogP contribution in [0.3, 0.4) is 0 Å². The molecule has 0 saturated carbocycles. The fourth-order valence-electron chi connectivity index (χ4n) is 1.34. The van der Waals surface area contributed by atoms with Crippen molar-refractivity contribution < 1.29 is 23.8 Å². The molecule has 0 aromatic heterocycles. The Morgan fingerprint density at radius 1 is 1.00 bits per heavy atom. The van der Waals surface area contributed by atoms with Gasteiger partial charge in [0.05, 0.1) is 20.4 Å². The molecule has 0 fully saturated rings. The molecular formula is C12H17NO5. The number of hydrogen-bond acceptors (Lipinski definition) is 6. The van der Waals surface area contributed by atoms with Crippen LogP contribution < -0.4 is 14.2 Å². The van der Waals surface area contributed by atoms with Gasteiger partial charge < -0.3 is 23.8 Å². The van der Waals surface area contributed by atoms with Crippen LogP contribution in [0.1, 0.15) is 5.56 Å². The predicted octanol–water partition coefficient (Wildman–Crippen LogP) is 1.67. The lowest BCUT2D eigenvalue weighted by Crippen LogP contribution is -2.02. The first-order valence-corrected chi connectivity index (χ1v) is 5.21. The molecule has 0 unspecified atom stereocenters. The Kier molecular flexibility index (Phi) is 5.79. The number of benzene rings is 1. The van der Waals surface area contributed by atoms with E-state index < -0.39 is 0 Å². The van der Waals surface area contributed by atoms with Gasteiger partial charge in [0.25, 0.3) is 0 Å². The summed E-state index contributed by atoms with van der Waals surface area (Å²) in [5.74, 6) is 1.69. The molecule has 0 aliphatic heterocycles. The first-order valence-electron chi connectivity index (χ1n) is 5.21. The van der Waals surface area contributed by atoms with Crippen LogP contribution in [0.2, 0.25) is 0 Å². The maximum absolute atomic E-state index is 5.38. The normalized spacial score (nSPS) is 10.4. The molecule has 0 amide bonds. The second-order valence-electron chi connectivity index (χ2n) is 3.21. The highest BCUT2D eigenvalue weighted by molar-refractivity contribution is 5.84. The molecule has 100 valence electrons. The first-order chi connectivity index (χ1) is 8.76. The summed E-state index contributed by atoms with van der Waals surface area (Å²) in [6.07, 6.45) is 1.53. The van der Waals surface area contributed by atoms with E-state index in [1.54, 1.807) is 33.5 Å². The summed E-state index contributed by atoms with van der Waals surface area (Å²) in [6, 6.07) is 3.45. The van der Waals surface area contributed by atoms with Gasteiger partial charge >= 0.3 is 0 Å². The van der Waals surface area contributed by atoms with Crippen molar-refractivity contribution in [2.24, 2.45) is 5.16 Å². The van der Waals surface area contributed by atoms with Crippen molar-refractivity contribution in [2.45, 2.75) is 0 Å². The molecule has 1 aromatic carbocycles. The van der Waals surface area contributed by atoms with Gasteiger partial charge in [-0.05, 0) is 6.07 Å². The average Bonchev–Trinajstić information content (AvgIpc) is 2.42. The van der Waals surface area contributed by atoms with E-state index in [1.807, 2.05) is 0 Å². The zero-order valence-corrected chi connectivity index (χ0v) is 10.9. The molecule has 1 aromatic rings. The third-order valence-electron chi connectivity index (χ3n) is 2.15. The lowest BCUT2D eigenvalue weighted by molar-refractivity contribution is 0.0490. The summed E-state index contributed by atoms with van der Waals surface area (Å²) in [5, 5.41) is 3.69. The predicted molar refractivity (Wildman–Crippen MR) is 66.7 cm³/mol. The van der Waals surface area contributed by atoms with Crippen LogP contribution in [0.25, 0.3) is 0 Å². The van der Waals surface area contributed by atoms with Gasteiger partial charge in [0.1, 0.15) is 12.9 Å². The maximum Gasteiger partial charge on any atom is 0.188 e. The van der Waals surface area contributed by atoms with Gasteiger partial charge in [0.15, 0.2) is 18.3 Å². The molecule has 0 aliphatic carbocycles. The molecule has 1 rings (SSSR count). The molecule has 6 heteroatoms. The summed E-state index contributed by atoms with van der Waals surface area (Å²) >= 11 is 0.